The van der Waals surface area contributed by atoms with Gasteiger partial charge in [0.25, 0.3) is 0 Å². The SMILES string of the molecule is CN(C)c1nc(Cl)c(-c2nc3c(NC4C5C=CC(C5)C4C(N)=O)c(Br)cnc3[nH]2)s1. The van der Waals surface area contributed by atoms with E-state index < -0.39 is 0 Å². The minimum absolute atomic E-state index is 0.0770. The first-order valence-corrected chi connectivity index (χ1v) is 11.4. The maximum absolute atomic E-state index is 12.1. The van der Waals surface area contributed by atoms with Crippen LogP contribution < -0.4 is 16.0 Å². The molecule has 3 aromatic heterocycles. The molecule has 5 rings (SSSR count). The number of hydrogen-bond donors (Lipinski definition) is 3. The van der Waals surface area contributed by atoms with Crippen LogP contribution in [0.1, 0.15) is 6.42 Å². The zero-order valence-electron chi connectivity index (χ0n) is 16.2. The molecule has 2 bridgehead atoms. The molecule has 30 heavy (non-hydrogen) atoms. The molecule has 4 atom stereocenters. The Balaban J connectivity index is 1.56. The lowest BCUT2D eigenvalue weighted by molar-refractivity contribution is -0.122. The smallest absolute Gasteiger partial charge is 0.223 e. The number of halogens is 2. The summed E-state index contributed by atoms with van der Waals surface area (Å²) in [6.07, 6.45) is 6.93. The van der Waals surface area contributed by atoms with Crippen LogP contribution in [0.5, 0.6) is 0 Å². The lowest BCUT2D eigenvalue weighted by atomic mass is 9.88. The molecule has 1 saturated carbocycles. The van der Waals surface area contributed by atoms with Gasteiger partial charge in [-0.3, -0.25) is 4.79 Å². The highest BCUT2D eigenvalue weighted by Crippen LogP contribution is 2.46. The van der Waals surface area contributed by atoms with Gasteiger partial charge < -0.3 is 20.9 Å². The number of H-pyrrole nitrogens is 1. The van der Waals surface area contributed by atoms with Crippen LogP contribution in [-0.4, -0.2) is 46.0 Å². The van der Waals surface area contributed by atoms with Gasteiger partial charge in [0.2, 0.25) is 5.91 Å². The van der Waals surface area contributed by atoms with Gasteiger partial charge in [0, 0.05) is 26.3 Å². The molecule has 11 heteroatoms. The molecule has 3 heterocycles. The number of rotatable bonds is 5. The molecule has 2 aliphatic rings. The van der Waals surface area contributed by atoms with E-state index in [2.05, 4.69) is 48.4 Å². The molecule has 3 aromatic rings. The van der Waals surface area contributed by atoms with Crippen molar-refractivity contribution in [1.29, 1.82) is 0 Å². The van der Waals surface area contributed by atoms with E-state index in [9.17, 15) is 4.79 Å². The number of allylic oxidation sites excluding steroid dienone is 1. The van der Waals surface area contributed by atoms with E-state index >= 15 is 0 Å². The van der Waals surface area contributed by atoms with Gasteiger partial charge in [0.05, 0.1) is 16.1 Å². The molecule has 156 valence electrons. The summed E-state index contributed by atoms with van der Waals surface area (Å²) in [6.45, 7) is 0. The van der Waals surface area contributed by atoms with Crippen LogP contribution in [0.25, 0.3) is 21.9 Å². The topological polar surface area (TPSA) is 113 Å². The third kappa shape index (κ3) is 3.09. The summed E-state index contributed by atoms with van der Waals surface area (Å²) in [5.74, 6) is 0.540. The van der Waals surface area contributed by atoms with Crippen LogP contribution in [0.4, 0.5) is 10.8 Å². The third-order valence-electron chi connectivity index (χ3n) is 5.74. The zero-order chi connectivity index (χ0) is 21.2. The van der Waals surface area contributed by atoms with Gasteiger partial charge in [-0.1, -0.05) is 35.1 Å². The molecule has 0 radical (unpaired) electrons. The molecule has 1 fully saturated rings. The Morgan fingerprint density at radius 1 is 1.37 bits per heavy atom. The number of aromatic amines is 1. The number of thiazole rings is 1. The van der Waals surface area contributed by atoms with Crippen LogP contribution in [0.15, 0.2) is 22.8 Å². The predicted molar refractivity (Wildman–Crippen MR) is 123 cm³/mol. The molecule has 0 spiro atoms. The number of fused-ring (bicyclic) bond motifs is 3. The van der Waals surface area contributed by atoms with Crippen molar-refractivity contribution < 1.29 is 4.79 Å². The quantitative estimate of drug-likeness (QED) is 0.454. The predicted octanol–water partition coefficient (Wildman–Crippen LogP) is 3.65. The molecular formula is C19H19BrClN7OS. The van der Waals surface area contributed by atoms with Crippen LogP contribution in [0.2, 0.25) is 5.15 Å². The van der Waals surface area contributed by atoms with Crippen LogP contribution in [0, 0.1) is 17.8 Å². The first kappa shape index (κ1) is 19.8. The summed E-state index contributed by atoms with van der Waals surface area (Å²) in [5.41, 5.74) is 7.80. The molecule has 8 nitrogen and oxygen atoms in total. The van der Waals surface area contributed by atoms with Crippen molar-refractivity contribution in [2.75, 3.05) is 24.3 Å². The number of hydrogen-bond acceptors (Lipinski definition) is 7. The molecule has 1 amide bonds. The maximum Gasteiger partial charge on any atom is 0.223 e. The van der Waals surface area contributed by atoms with Crippen molar-refractivity contribution in [3.05, 3.63) is 28.0 Å². The monoisotopic (exact) mass is 507 g/mol. The van der Waals surface area contributed by atoms with Crippen LogP contribution in [0.3, 0.4) is 0 Å². The number of imidazole rings is 1. The van der Waals surface area contributed by atoms with Crippen molar-refractivity contribution in [2.24, 2.45) is 23.5 Å². The molecule has 4 N–H and O–H groups in total. The summed E-state index contributed by atoms with van der Waals surface area (Å²) in [5, 5.41) is 4.73. The van der Waals surface area contributed by atoms with Gasteiger partial charge in [0.15, 0.2) is 21.8 Å². The molecule has 0 saturated heterocycles. The second-order valence-corrected chi connectivity index (χ2v) is 10.0. The Morgan fingerprint density at radius 3 is 2.83 bits per heavy atom. The average molecular weight is 509 g/mol. The van der Waals surface area contributed by atoms with E-state index in [-0.39, 0.29) is 29.7 Å². The van der Waals surface area contributed by atoms with E-state index in [4.69, 9.17) is 22.3 Å². The minimum atomic E-state index is -0.277. The van der Waals surface area contributed by atoms with E-state index in [1.807, 2.05) is 19.0 Å². The minimum Gasteiger partial charge on any atom is -0.378 e. The highest BCUT2D eigenvalue weighted by molar-refractivity contribution is 9.10. The highest BCUT2D eigenvalue weighted by atomic mass is 79.9. The Hall–Kier alpha value is -2.17. The maximum atomic E-state index is 12.1. The Bertz CT molecular complexity index is 1190. The number of aromatic nitrogens is 4. The number of anilines is 2. The van der Waals surface area contributed by atoms with Crippen LogP contribution >= 0.6 is 38.9 Å². The fraction of sp³-hybridized carbons (Fsp3) is 0.368. The largest absolute Gasteiger partial charge is 0.378 e. The van der Waals surface area contributed by atoms with E-state index in [0.29, 0.717) is 22.1 Å². The standard InChI is InChI=1S/C19H19BrClN7OS/c1-28(2)19-26-15(21)14(30-19)18-25-13-12(9(20)6-23-17(13)27-18)24-11-8-4-3-7(5-8)10(11)16(22)29/h3-4,6-8,10-11H,5H2,1-2H3,(H2,22,29)(H2,23,24,25,27). The van der Waals surface area contributed by atoms with Crippen molar-refractivity contribution in [3.8, 4) is 10.7 Å². The zero-order valence-corrected chi connectivity index (χ0v) is 19.3. The number of amides is 1. The fourth-order valence-corrected chi connectivity index (χ4v) is 5.94. The first-order chi connectivity index (χ1) is 14.3. The van der Waals surface area contributed by atoms with Gasteiger partial charge in [-0.15, -0.1) is 0 Å². The van der Waals surface area contributed by atoms with Crippen molar-refractivity contribution in [3.63, 3.8) is 0 Å². The number of nitrogens with one attached hydrogen (secondary N) is 2. The number of pyridine rings is 1. The van der Waals surface area contributed by atoms with Crippen molar-refractivity contribution in [2.45, 2.75) is 12.5 Å². The lowest BCUT2D eigenvalue weighted by Gasteiger charge is -2.28. The highest BCUT2D eigenvalue weighted by Gasteiger charge is 2.47. The van der Waals surface area contributed by atoms with Gasteiger partial charge >= 0.3 is 0 Å². The van der Waals surface area contributed by atoms with Gasteiger partial charge in [-0.25, -0.2) is 15.0 Å². The Morgan fingerprint density at radius 2 is 2.13 bits per heavy atom. The molecule has 2 aliphatic carbocycles. The van der Waals surface area contributed by atoms with Crippen molar-refractivity contribution in [1.82, 2.24) is 19.9 Å². The normalized spacial score (nSPS) is 24.7. The summed E-state index contributed by atoms with van der Waals surface area (Å²) in [6, 6.07) is -0.0770. The number of nitrogens with two attached hydrogens (primary N) is 1. The Kier molecular flexibility index (Phi) is 4.75. The second kappa shape index (κ2) is 7.21. The van der Waals surface area contributed by atoms with E-state index in [0.717, 1.165) is 26.6 Å². The van der Waals surface area contributed by atoms with E-state index in [1.165, 1.54) is 11.3 Å². The number of nitrogens with zero attached hydrogens (tertiary/aromatic N) is 4. The van der Waals surface area contributed by atoms with Crippen molar-refractivity contribution >= 4 is 66.8 Å². The average Bonchev–Trinajstić information content (AvgIpc) is 3.45. The molecule has 0 aromatic carbocycles. The summed E-state index contributed by atoms with van der Waals surface area (Å²) in [7, 11) is 3.83. The lowest BCUT2D eigenvalue weighted by Crippen LogP contribution is -2.41. The van der Waals surface area contributed by atoms with Gasteiger partial charge in [0.1, 0.15) is 10.4 Å². The van der Waals surface area contributed by atoms with Crippen LogP contribution in [-0.2, 0) is 4.79 Å². The third-order valence-corrected chi connectivity index (χ3v) is 7.95. The number of carbonyl (C=O) groups is 1. The Labute approximate surface area is 190 Å². The summed E-state index contributed by atoms with van der Waals surface area (Å²) < 4.78 is 0.771. The summed E-state index contributed by atoms with van der Waals surface area (Å²) in [4.78, 5) is 31.6. The number of primary amides is 1. The summed E-state index contributed by atoms with van der Waals surface area (Å²) >= 11 is 11.4. The number of carbonyl (C=O) groups excluding carboxylic acids is 1. The second-order valence-electron chi connectivity index (χ2n) is 7.82. The fourth-order valence-electron chi connectivity index (χ4n) is 4.38. The van der Waals surface area contributed by atoms with E-state index in [1.54, 1.807) is 6.20 Å². The van der Waals surface area contributed by atoms with Gasteiger partial charge in [-0.05, 0) is 34.2 Å². The molecule has 4 unspecified atom stereocenters. The molecular weight excluding hydrogens is 490 g/mol. The molecule has 0 aliphatic heterocycles. The van der Waals surface area contributed by atoms with Gasteiger partial charge in [-0.2, -0.15) is 0 Å². The first-order valence-electron chi connectivity index (χ1n) is 9.46.